The molecule has 1 saturated heterocycles. The van der Waals surface area contributed by atoms with Crippen molar-refractivity contribution < 1.29 is 13.9 Å². The van der Waals surface area contributed by atoms with Gasteiger partial charge in [0, 0.05) is 24.4 Å². The second-order valence-electron chi connectivity index (χ2n) is 4.92. The molecule has 0 radical (unpaired) electrons. The van der Waals surface area contributed by atoms with Gasteiger partial charge in [0.2, 0.25) is 0 Å². The van der Waals surface area contributed by atoms with E-state index in [0.29, 0.717) is 18.8 Å². The molecule has 92 valence electrons. The molecule has 1 aromatic carbocycles. The van der Waals surface area contributed by atoms with Gasteiger partial charge in [0.25, 0.3) is 0 Å². The van der Waals surface area contributed by atoms with Crippen molar-refractivity contribution in [3.63, 3.8) is 0 Å². The highest BCUT2D eigenvalue weighted by molar-refractivity contribution is 5.39. The number of hydrogen-bond donors (Lipinski definition) is 1. The topological polar surface area (TPSA) is 44.5 Å². The third-order valence-corrected chi connectivity index (χ3v) is 3.88. The summed E-state index contributed by atoms with van der Waals surface area (Å²) < 4.78 is 24.8. The highest BCUT2D eigenvalue weighted by Crippen LogP contribution is 2.44. The van der Waals surface area contributed by atoms with Crippen molar-refractivity contribution >= 4 is 0 Å². The first-order chi connectivity index (χ1) is 8.11. The molecule has 0 bridgehead atoms. The maximum Gasteiger partial charge on any atom is 0.139 e. The second-order valence-corrected chi connectivity index (χ2v) is 4.92. The van der Waals surface area contributed by atoms with E-state index in [4.69, 9.17) is 15.2 Å². The fraction of sp³-hybridized carbons (Fsp3) is 0.538. The Kier molecular flexibility index (Phi) is 2.38. The molecule has 1 spiro atoms. The first kappa shape index (κ1) is 11.0. The molecule has 3 rings (SSSR count). The van der Waals surface area contributed by atoms with E-state index < -0.39 is 0 Å². The molecule has 4 heteroatoms. The van der Waals surface area contributed by atoms with Crippen LogP contribution in [0.1, 0.15) is 31.4 Å². The summed E-state index contributed by atoms with van der Waals surface area (Å²) in [5.74, 6) is 0.428. The molecule has 2 aliphatic heterocycles. The van der Waals surface area contributed by atoms with Gasteiger partial charge in [-0.15, -0.1) is 0 Å². The summed E-state index contributed by atoms with van der Waals surface area (Å²) in [6.07, 6.45) is 1.57. The zero-order chi connectivity index (χ0) is 12.0. The molecule has 2 aliphatic rings. The Labute approximate surface area is 99.7 Å². The van der Waals surface area contributed by atoms with Crippen molar-refractivity contribution in [2.45, 2.75) is 37.5 Å². The zero-order valence-corrected chi connectivity index (χ0v) is 9.78. The summed E-state index contributed by atoms with van der Waals surface area (Å²) in [7, 11) is 0. The van der Waals surface area contributed by atoms with Crippen LogP contribution in [0.25, 0.3) is 0 Å². The molecule has 1 aromatic rings. The van der Waals surface area contributed by atoms with E-state index >= 15 is 0 Å². The number of rotatable bonds is 0. The summed E-state index contributed by atoms with van der Waals surface area (Å²) >= 11 is 0. The van der Waals surface area contributed by atoms with Crippen molar-refractivity contribution in [1.82, 2.24) is 0 Å². The zero-order valence-electron chi connectivity index (χ0n) is 9.78. The predicted octanol–water partition coefficient (Wildman–Crippen LogP) is 2.16. The van der Waals surface area contributed by atoms with Crippen LogP contribution in [0.2, 0.25) is 0 Å². The van der Waals surface area contributed by atoms with Crippen LogP contribution < -0.4 is 10.5 Å². The largest absolute Gasteiger partial charge is 0.484 e. The molecule has 17 heavy (non-hydrogen) atoms. The number of fused-ring (bicyclic) bond motifs is 1. The third-order valence-electron chi connectivity index (χ3n) is 3.88. The molecule has 0 amide bonds. The summed E-state index contributed by atoms with van der Waals surface area (Å²) in [6, 6.07) is 4.35. The fourth-order valence-corrected chi connectivity index (χ4v) is 2.81. The van der Waals surface area contributed by atoms with Gasteiger partial charge >= 0.3 is 0 Å². The molecular formula is C13H16FNO2. The average Bonchev–Trinajstić information content (AvgIpc) is 2.62. The molecule has 0 aromatic heterocycles. The first-order valence-electron chi connectivity index (χ1n) is 5.96. The minimum atomic E-state index is -0.329. The van der Waals surface area contributed by atoms with Gasteiger partial charge < -0.3 is 15.2 Å². The lowest BCUT2D eigenvalue weighted by molar-refractivity contribution is -0.0276. The van der Waals surface area contributed by atoms with Gasteiger partial charge in [-0.25, -0.2) is 4.39 Å². The summed E-state index contributed by atoms with van der Waals surface area (Å²) in [6.45, 7) is 2.71. The Morgan fingerprint density at radius 3 is 3.00 bits per heavy atom. The lowest BCUT2D eigenvalue weighted by Gasteiger charge is -2.40. The highest BCUT2D eigenvalue weighted by Gasteiger charge is 2.48. The van der Waals surface area contributed by atoms with E-state index in [2.05, 4.69) is 0 Å². The van der Waals surface area contributed by atoms with Gasteiger partial charge in [-0.3, -0.25) is 0 Å². The first-order valence-corrected chi connectivity index (χ1v) is 5.96. The average molecular weight is 237 g/mol. The molecular weight excluding hydrogens is 221 g/mol. The van der Waals surface area contributed by atoms with Gasteiger partial charge in [0.15, 0.2) is 0 Å². The Hall–Kier alpha value is -1.13. The van der Waals surface area contributed by atoms with Crippen molar-refractivity contribution in [3.05, 3.63) is 29.6 Å². The normalized spacial score (nSPS) is 35.7. The maximum atomic E-state index is 13.2. The van der Waals surface area contributed by atoms with Gasteiger partial charge in [-0.1, -0.05) is 0 Å². The Morgan fingerprint density at radius 2 is 2.29 bits per heavy atom. The van der Waals surface area contributed by atoms with Crippen LogP contribution in [0.5, 0.6) is 5.75 Å². The van der Waals surface area contributed by atoms with E-state index in [1.165, 1.54) is 12.1 Å². The molecule has 3 unspecified atom stereocenters. The maximum absolute atomic E-state index is 13.2. The van der Waals surface area contributed by atoms with Crippen LogP contribution in [0, 0.1) is 5.82 Å². The van der Waals surface area contributed by atoms with E-state index in [0.717, 1.165) is 12.0 Å². The number of halogens is 1. The third kappa shape index (κ3) is 1.63. The summed E-state index contributed by atoms with van der Waals surface area (Å²) in [5, 5.41) is 0. The van der Waals surface area contributed by atoms with Crippen LogP contribution in [-0.4, -0.2) is 18.3 Å². The minimum Gasteiger partial charge on any atom is -0.484 e. The van der Waals surface area contributed by atoms with Gasteiger partial charge in [-0.05, 0) is 25.1 Å². The summed E-state index contributed by atoms with van der Waals surface area (Å²) in [4.78, 5) is 0. The van der Waals surface area contributed by atoms with Crippen molar-refractivity contribution in [2.75, 3.05) is 6.61 Å². The van der Waals surface area contributed by atoms with E-state index in [9.17, 15) is 4.39 Å². The van der Waals surface area contributed by atoms with Crippen molar-refractivity contribution in [3.8, 4) is 5.75 Å². The van der Waals surface area contributed by atoms with E-state index in [1.54, 1.807) is 6.07 Å². The lowest BCUT2D eigenvalue weighted by Crippen LogP contribution is -2.47. The van der Waals surface area contributed by atoms with E-state index in [1.807, 2.05) is 6.92 Å². The minimum absolute atomic E-state index is 0.0340. The fourth-order valence-electron chi connectivity index (χ4n) is 2.81. The molecule has 2 N–H and O–H groups in total. The van der Waals surface area contributed by atoms with Gasteiger partial charge in [0.1, 0.15) is 17.2 Å². The van der Waals surface area contributed by atoms with Crippen molar-refractivity contribution in [2.24, 2.45) is 5.73 Å². The molecule has 2 heterocycles. The monoisotopic (exact) mass is 237 g/mol. The lowest BCUT2D eigenvalue weighted by atomic mass is 9.83. The molecule has 0 aliphatic carbocycles. The smallest absolute Gasteiger partial charge is 0.139 e. The number of nitrogens with two attached hydrogens (primary N) is 1. The Balaban J connectivity index is 2.01. The van der Waals surface area contributed by atoms with Crippen LogP contribution in [0.4, 0.5) is 4.39 Å². The SMILES string of the molecule is CC1OCCC12CC(N)c1cc(F)ccc1O2. The molecule has 3 nitrogen and oxygen atoms in total. The predicted molar refractivity (Wildman–Crippen MR) is 61.3 cm³/mol. The van der Waals surface area contributed by atoms with Crippen LogP contribution in [-0.2, 0) is 4.74 Å². The Bertz CT molecular complexity index is 451. The molecule has 0 saturated carbocycles. The van der Waals surface area contributed by atoms with Gasteiger partial charge in [0.05, 0.1) is 12.7 Å². The number of benzene rings is 1. The standard InChI is InChI=1S/C13H16FNO2/c1-8-13(4-5-16-8)7-11(15)10-6-9(14)2-3-12(10)17-13/h2-3,6,8,11H,4-5,7,15H2,1H3. The quantitative estimate of drug-likeness (QED) is 0.752. The second kappa shape index (κ2) is 3.68. The molecule has 1 fully saturated rings. The van der Waals surface area contributed by atoms with Gasteiger partial charge in [-0.2, -0.15) is 0 Å². The number of ether oxygens (including phenoxy) is 2. The van der Waals surface area contributed by atoms with Crippen LogP contribution >= 0.6 is 0 Å². The highest BCUT2D eigenvalue weighted by atomic mass is 19.1. The van der Waals surface area contributed by atoms with E-state index in [-0.39, 0.29) is 23.6 Å². The molecule has 3 atom stereocenters. The summed E-state index contributed by atoms with van der Waals surface area (Å²) in [5.41, 5.74) is 6.56. The Morgan fingerprint density at radius 1 is 1.47 bits per heavy atom. The number of hydrogen-bond acceptors (Lipinski definition) is 3. The van der Waals surface area contributed by atoms with Crippen LogP contribution in [0.3, 0.4) is 0 Å². The van der Waals surface area contributed by atoms with Crippen LogP contribution in [0.15, 0.2) is 18.2 Å². The van der Waals surface area contributed by atoms with Crippen molar-refractivity contribution in [1.29, 1.82) is 0 Å².